The number of urea groups is 1. The summed E-state index contributed by atoms with van der Waals surface area (Å²) < 4.78 is 25.3. The van der Waals surface area contributed by atoms with Crippen molar-refractivity contribution in [2.75, 3.05) is 44.4 Å². The molecule has 0 spiro atoms. The van der Waals surface area contributed by atoms with E-state index in [0.29, 0.717) is 37.6 Å². The van der Waals surface area contributed by atoms with Crippen molar-refractivity contribution in [1.82, 2.24) is 15.5 Å². The van der Waals surface area contributed by atoms with Crippen LogP contribution in [0.25, 0.3) is 0 Å². The van der Waals surface area contributed by atoms with Crippen molar-refractivity contribution in [3.63, 3.8) is 0 Å². The van der Waals surface area contributed by atoms with Gasteiger partial charge in [-0.25, -0.2) is 9.18 Å². The van der Waals surface area contributed by atoms with E-state index in [4.69, 9.17) is 9.47 Å². The van der Waals surface area contributed by atoms with Crippen LogP contribution in [0.1, 0.15) is 17.2 Å². The molecule has 5 rings (SSSR count). The van der Waals surface area contributed by atoms with Crippen LogP contribution in [0.15, 0.2) is 72.8 Å². The lowest BCUT2D eigenvalue weighted by atomic mass is 10.0. The molecule has 2 heterocycles. The van der Waals surface area contributed by atoms with Gasteiger partial charge in [0, 0.05) is 39.3 Å². The number of halogens is 1. The monoisotopic (exact) mass is 476 g/mol. The summed E-state index contributed by atoms with van der Waals surface area (Å²) in [6.45, 7) is 3.97. The molecule has 1 saturated heterocycles. The van der Waals surface area contributed by atoms with Crippen LogP contribution in [-0.4, -0.2) is 50.4 Å². The zero-order valence-electron chi connectivity index (χ0n) is 19.5. The summed E-state index contributed by atoms with van der Waals surface area (Å²) in [6, 6.07) is 22.3. The van der Waals surface area contributed by atoms with Crippen LogP contribution in [0.3, 0.4) is 0 Å². The van der Waals surface area contributed by atoms with Crippen LogP contribution in [0, 0.1) is 5.82 Å². The SMILES string of the molecule is O=C(NCc1ccccc1)NC[C@H](c1ccc2c(c1)OCO2)N1CCN(c2ccccc2F)CC1. The summed E-state index contributed by atoms with van der Waals surface area (Å²) in [5, 5.41) is 5.95. The first-order chi connectivity index (χ1) is 17.2. The average molecular weight is 477 g/mol. The maximum Gasteiger partial charge on any atom is 0.315 e. The molecule has 0 aliphatic carbocycles. The highest BCUT2D eigenvalue weighted by Crippen LogP contribution is 2.36. The van der Waals surface area contributed by atoms with Gasteiger partial charge in [-0.3, -0.25) is 4.90 Å². The minimum atomic E-state index is -0.218. The van der Waals surface area contributed by atoms with Gasteiger partial charge in [-0.15, -0.1) is 0 Å². The number of hydrogen-bond acceptors (Lipinski definition) is 5. The number of nitrogens with one attached hydrogen (secondary N) is 2. The van der Waals surface area contributed by atoms with Crippen molar-refractivity contribution >= 4 is 11.7 Å². The summed E-state index contributed by atoms with van der Waals surface area (Å²) in [5.41, 5.74) is 2.71. The molecule has 0 aromatic heterocycles. The summed E-state index contributed by atoms with van der Waals surface area (Å²) in [4.78, 5) is 17.0. The van der Waals surface area contributed by atoms with Crippen LogP contribution in [0.2, 0.25) is 0 Å². The topological polar surface area (TPSA) is 66.1 Å². The fourth-order valence-electron chi connectivity index (χ4n) is 4.59. The third-order valence-corrected chi connectivity index (χ3v) is 6.48. The Morgan fingerprint density at radius 3 is 2.43 bits per heavy atom. The number of amides is 2. The molecule has 1 fully saturated rings. The zero-order chi connectivity index (χ0) is 24.0. The highest BCUT2D eigenvalue weighted by atomic mass is 19.1. The Kier molecular flexibility index (Phi) is 6.99. The number of ether oxygens (including phenoxy) is 2. The van der Waals surface area contributed by atoms with Crippen molar-refractivity contribution in [3.05, 3.63) is 89.7 Å². The summed E-state index contributed by atoms with van der Waals surface area (Å²) in [6.07, 6.45) is 0. The molecule has 0 unspecified atom stereocenters. The molecule has 2 aliphatic rings. The molecule has 2 amide bonds. The second kappa shape index (κ2) is 10.7. The minimum Gasteiger partial charge on any atom is -0.454 e. The number of nitrogens with zero attached hydrogens (tertiary/aromatic N) is 2. The van der Waals surface area contributed by atoms with Gasteiger partial charge in [0.05, 0.1) is 11.7 Å². The molecule has 2 N–H and O–H groups in total. The van der Waals surface area contributed by atoms with Gasteiger partial charge in [-0.2, -0.15) is 0 Å². The van der Waals surface area contributed by atoms with E-state index in [1.54, 1.807) is 6.07 Å². The molecule has 0 saturated carbocycles. The number of hydrogen-bond donors (Lipinski definition) is 2. The average Bonchev–Trinajstić information content (AvgIpc) is 3.37. The van der Waals surface area contributed by atoms with Gasteiger partial charge in [-0.05, 0) is 35.4 Å². The second-order valence-electron chi connectivity index (χ2n) is 8.65. The Labute approximate surface area is 204 Å². The van der Waals surface area contributed by atoms with Crippen LogP contribution in [0.5, 0.6) is 11.5 Å². The van der Waals surface area contributed by atoms with E-state index in [1.807, 2.05) is 60.7 Å². The Morgan fingerprint density at radius 1 is 0.886 bits per heavy atom. The van der Waals surface area contributed by atoms with E-state index in [9.17, 15) is 9.18 Å². The minimum absolute atomic E-state index is 0.0604. The van der Waals surface area contributed by atoms with Crippen LogP contribution in [0.4, 0.5) is 14.9 Å². The molecular weight excluding hydrogens is 447 g/mol. The molecule has 8 heteroatoms. The van der Waals surface area contributed by atoms with Crippen molar-refractivity contribution in [1.29, 1.82) is 0 Å². The van der Waals surface area contributed by atoms with Gasteiger partial charge < -0.3 is 25.0 Å². The molecule has 2 aliphatic heterocycles. The number of carbonyl (C=O) groups is 1. The predicted octanol–water partition coefficient (Wildman–Crippen LogP) is 3.92. The zero-order valence-corrected chi connectivity index (χ0v) is 19.5. The first-order valence-corrected chi connectivity index (χ1v) is 11.9. The van der Waals surface area contributed by atoms with E-state index in [0.717, 1.165) is 30.0 Å². The lowest BCUT2D eigenvalue weighted by Crippen LogP contribution is -2.50. The molecule has 1 atom stereocenters. The Balaban J connectivity index is 1.26. The van der Waals surface area contributed by atoms with E-state index in [1.165, 1.54) is 6.07 Å². The predicted molar refractivity (Wildman–Crippen MR) is 132 cm³/mol. The number of rotatable bonds is 7. The number of fused-ring (bicyclic) bond motifs is 1. The smallest absolute Gasteiger partial charge is 0.315 e. The summed E-state index contributed by atoms with van der Waals surface area (Å²) in [5.74, 6) is 1.24. The highest BCUT2D eigenvalue weighted by Gasteiger charge is 2.28. The number of anilines is 1. The Morgan fingerprint density at radius 2 is 1.63 bits per heavy atom. The first kappa shape index (κ1) is 23.0. The van der Waals surface area contributed by atoms with Gasteiger partial charge in [-0.1, -0.05) is 48.5 Å². The number of piperazine rings is 1. The second-order valence-corrected chi connectivity index (χ2v) is 8.65. The van der Waals surface area contributed by atoms with Crippen molar-refractivity contribution in [2.45, 2.75) is 12.6 Å². The summed E-state index contributed by atoms with van der Waals surface area (Å²) >= 11 is 0. The quantitative estimate of drug-likeness (QED) is 0.541. The molecule has 0 bridgehead atoms. The molecule has 35 heavy (non-hydrogen) atoms. The van der Waals surface area contributed by atoms with Gasteiger partial charge in [0.1, 0.15) is 5.82 Å². The van der Waals surface area contributed by atoms with Crippen LogP contribution in [-0.2, 0) is 6.54 Å². The fraction of sp³-hybridized carbons (Fsp3) is 0.296. The third kappa shape index (κ3) is 5.49. The molecule has 7 nitrogen and oxygen atoms in total. The number of benzene rings is 3. The van der Waals surface area contributed by atoms with E-state index in [-0.39, 0.29) is 24.7 Å². The van der Waals surface area contributed by atoms with Gasteiger partial charge in [0.25, 0.3) is 0 Å². The maximum atomic E-state index is 14.3. The third-order valence-electron chi connectivity index (χ3n) is 6.48. The molecule has 3 aromatic rings. The molecule has 182 valence electrons. The highest BCUT2D eigenvalue weighted by molar-refractivity contribution is 5.73. The number of para-hydroxylation sites is 1. The van der Waals surface area contributed by atoms with E-state index in [2.05, 4.69) is 20.4 Å². The van der Waals surface area contributed by atoms with E-state index < -0.39 is 0 Å². The van der Waals surface area contributed by atoms with Crippen LogP contribution < -0.4 is 25.0 Å². The first-order valence-electron chi connectivity index (χ1n) is 11.9. The van der Waals surface area contributed by atoms with Crippen molar-refractivity contribution in [3.8, 4) is 11.5 Å². The summed E-state index contributed by atoms with van der Waals surface area (Å²) in [7, 11) is 0. The van der Waals surface area contributed by atoms with E-state index >= 15 is 0 Å². The fourth-order valence-corrected chi connectivity index (χ4v) is 4.59. The normalized spacial score (nSPS) is 16.1. The van der Waals surface area contributed by atoms with Crippen LogP contribution >= 0.6 is 0 Å². The number of carbonyl (C=O) groups excluding carboxylic acids is 1. The lowest BCUT2D eigenvalue weighted by Gasteiger charge is -2.40. The van der Waals surface area contributed by atoms with Crippen molar-refractivity contribution in [2.24, 2.45) is 0 Å². The van der Waals surface area contributed by atoms with Gasteiger partial charge >= 0.3 is 6.03 Å². The van der Waals surface area contributed by atoms with Gasteiger partial charge in [0.2, 0.25) is 6.79 Å². The standard InChI is InChI=1S/C27H29FN4O3/c28-22-8-4-5-9-23(22)31-12-14-32(15-13-31)24(21-10-11-25-26(16-21)35-19-34-25)18-30-27(33)29-17-20-6-2-1-3-7-20/h1-11,16,24H,12-15,17-19H2,(H2,29,30,33)/t24-/m1/s1. The largest absolute Gasteiger partial charge is 0.454 e. The lowest BCUT2D eigenvalue weighted by molar-refractivity contribution is 0.172. The maximum absolute atomic E-state index is 14.3. The Hall–Kier alpha value is -3.78. The van der Waals surface area contributed by atoms with Crippen molar-refractivity contribution < 1.29 is 18.7 Å². The Bertz CT molecular complexity index is 1150. The molecule has 0 radical (unpaired) electrons. The molecular formula is C27H29FN4O3. The molecule has 3 aromatic carbocycles. The van der Waals surface area contributed by atoms with Gasteiger partial charge in [0.15, 0.2) is 11.5 Å².